The summed E-state index contributed by atoms with van der Waals surface area (Å²) in [6.07, 6.45) is 2.30. The van der Waals surface area contributed by atoms with Crippen LogP contribution in [0.5, 0.6) is 0 Å². The highest BCUT2D eigenvalue weighted by Gasteiger charge is 2.33. The van der Waals surface area contributed by atoms with Crippen molar-refractivity contribution in [2.45, 2.75) is 39.0 Å². The zero-order chi connectivity index (χ0) is 10.9. The van der Waals surface area contributed by atoms with Crippen molar-refractivity contribution in [3.05, 3.63) is 16.6 Å². The zero-order valence-corrected chi connectivity index (χ0v) is 10.4. The Bertz CT molecular complexity index is 310. The van der Waals surface area contributed by atoms with Crippen LogP contribution in [-0.4, -0.2) is 34.7 Å². The molecule has 1 aromatic heterocycles. The lowest BCUT2D eigenvalue weighted by Crippen LogP contribution is -2.54. The molecule has 1 aliphatic rings. The lowest BCUT2D eigenvalue weighted by molar-refractivity contribution is -0.0946. The van der Waals surface area contributed by atoms with Gasteiger partial charge in [-0.15, -0.1) is 11.3 Å². The number of aromatic nitrogens is 1. The van der Waals surface area contributed by atoms with Gasteiger partial charge in [0.05, 0.1) is 18.2 Å². The van der Waals surface area contributed by atoms with Gasteiger partial charge >= 0.3 is 0 Å². The summed E-state index contributed by atoms with van der Waals surface area (Å²) in [5.74, 6) is 0. The van der Waals surface area contributed by atoms with Crippen LogP contribution in [0.15, 0.2) is 11.7 Å². The highest BCUT2D eigenvalue weighted by atomic mass is 32.1. The van der Waals surface area contributed by atoms with Gasteiger partial charge < -0.3 is 4.74 Å². The summed E-state index contributed by atoms with van der Waals surface area (Å²) in [5, 5.41) is 0. The lowest BCUT2D eigenvalue weighted by atomic mass is 10.0. The van der Waals surface area contributed by atoms with Crippen molar-refractivity contribution in [1.82, 2.24) is 9.88 Å². The van der Waals surface area contributed by atoms with Crippen molar-refractivity contribution in [2.24, 2.45) is 0 Å². The van der Waals surface area contributed by atoms with Crippen molar-refractivity contribution in [3.8, 4) is 0 Å². The average molecular weight is 226 g/mol. The second-order valence-electron chi connectivity index (χ2n) is 4.78. The van der Waals surface area contributed by atoms with E-state index in [2.05, 4.69) is 30.7 Å². The van der Waals surface area contributed by atoms with Crippen LogP contribution in [-0.2, 0) is 11.3 Å². The van der Waals surface area contributed by atoms with Gasteiger partial charge in [-0.2, -0.15) is 0 Å². The van der Waals surface area contributed by atoms with Crippen LogP contribution in [0.25, 0.3) is 0 Å². The summed E-state index contributed by atoms with van der Waals surface area (Å²) in [4.78, 5) is 7.93. The van der Waals surface area contributed by atoms with E-state index in [1.54, 1.807) is 11.3 Å². The molecule has 0 aromatic carbocycles. The second-order valence-corrected chi connectivity index (χ2v) is 5.75. The first-order valence-corrected chi connectivity index (χ1v) is 6.20. The first kappa shape index (κ1) is 11.0. The van der Waals surface area contributed by atoms with E-state index >= 15 is 0 Å². The van der Waals surface area contributed by atoms with E-state index in [0.717, 1.165) is 19.7 Å². The molecule has 1 saturated heterocycles. The molecule has 84 valence electrons. The Kier molecular flexibility index (Phi) is 3.09. The number of ether oxygens (including phenoxy) is 1. The summed E-state index contributed by atoms with van der Waals surface area (Å²) in [7, 11) is 0. The minimum Gasteiger partial charge on any atom is -0.375 e. The summed E-state index contributed by atoms with van der Waals surface area (Å²) >= 11 is 1.72. The fourth-order valence-corrected chi connectivity index (χ4v) is 2.44. The predicted octanol–water partition coefficient (Wildman–Crippen LogP) is 2.14. The molecule has 1 aliphatic heterocycles. The molecule has 2 rings (SSSR count). The van der Waals surface area contributed by atoms with Gasteiger partial charge in [-0.1, -0.05) is 0 Å². The minimum absolute atomic E-state index is 0.135. The molecule has 15 heavy (non-hydrogen) atoms. The maximum atomic E-state index is 5.69. The largest absolute Gasteiger partial charge is 0.375 e. The van der Waals surface area contributed by atoms with E-state index < -0.39 is 0 Å². The van der Waals surface area contributed by atoms with Gasteiger partial charge in [0, 0.05) is 29.7 Å². The number of rotatable bonds is 2. The monoisotopic (exact) mass is 226 g/mol. The molecule has 0 saturated carbocycles. The van der Waals surface area contributed by atoms with Crippen molar-refractivity contribution >= 4 is 11.3 Å². The van der Waals surface area contributed by atoms with Crippen LogP contribution in [0.2, 0.25) is 0 Å². The number of morpholine rings is 1. The minimum atomic E-state index is 0.135. The van der Waals surface area contributed by atoms with E-state index in [1.807, 2.05) is 11.7 Å². The summed E-state index contributed by atoms with van der Waals surface area (Å²) in [5.41, 5.74) is 2.03. The topological polar surface area (TPSA) is 25.4 Å². The average Bonchev–Trinajstić information content (AvgIpc) is 2.65. The Morgan fingerprint density at radius 2 is 2.47 bits per heavy atom. The molecule has 0 amide bonds. The predicted molar refractivity (Wildman–Crippen MR) is 62.0 cm³/mol. The van der Waals surface area contributed by atoms with E-state index in [9.17, 15) is 0 Å². The summed E-state index contributed by atoms with van der Waals surface area (Å²) in [6.45, 7) is 9.41. The molecule has 1 atom stereocenters. The molecular formula is C11H18N2OS. The maximum absolute atomic E-state index is 5.69. The molecule has 2 heterocycles. The fourth-order valence-electron chi connectivity index (χ4n) is 1.83. The molecular weight excluding hydrogens is 208 g/mol. The van der Waals surface area contributed by atoms with Gasteiger partial charge in [0.25, 0.3) is 0 Å². The number of thiazole rings is 1. The number of hydrogen-bond donors (Lipinski definition) is 0. The SMILES string of the molecule is CC1CN(Cc2cncs2)C(C)(C)CO1. The third-order valence-electron chi connectivity index (χ3n) is 2.88. The van der Waals surface area contributed by atoms with Gasteiger partial charge in [-0.3, -0.25) is 9.88 Å². The third-order valence-corrected chi connectivity index (χ3v) is 3.65. The van der Waals surface area contributed by atoms with E-state index in [4.69, 9.17) is 4.74 Å². The molecule has 1 fully saturated rings. The van der Waals surface area contributed by atoms with E-state index in [0.29, 0.717) is 6.10 Å². The van der Waals surface area contributed by atoms with Crippen LogP contribution >= 0.6 is 11.3 Å². The Morgan fingerprint density at radius 3 is 3.13 bits per heavy atom. The van der Waals surface area contributed by atoms with Crippen LogP contribution in [0.1, 0.15) is 25.6 Å². The highest BCUT2D eigenvalue weighted by Crippen LogP contribution is 2.24. The first-order valence-electron chi connectivity index (χ1n) is 5.32. The summed E-state index contributed by atoms with van der Waals surface area (Å²) < 4.78 is 5.69. The molecule has 0 spiro atoms. The molecule has 0 radical (unpaired) electrons. The lowest BCUT2D eigenvalue weighted by Gasteiger charge is -2.44. The quantitative estimate of drug-likeness (QED) is 0.772. The number of hydrogen-bond acceptors (Lipinski definition) is 4. The van der Waals surface area contributed by atoms with Crippen molar-refractivity contribution in [1.29, 1.82) is 0 Å². The van der Waals surface area contributed by atoms with E-state index in [1.165, 1.54) is 4.88 Å². The Balaban J connectivity index is 2.05. The summed E-state index contributed by atoms with van der Waals surface area (Å²) in [6, 6.07) is 0. The van der Waals surface area contributed by atoms with Crippen LogP contribution in [0.3, 0.4) is 0 Å². The van der Waals surface area contributed by atoms with Crippen molar-refractivity contribution in [3.63, 3.8) is 0 Å². The molecule has 0 bridgehead atoms. The first-order chi connectivity index (χ1) is 7.08. The van der Waals surface area contributed by atoms with Gasteiger partial charge in [0.2, 0.25) is 0 Å². The van der Waals surface area contributed by atoms with Crippen molar-refractivity contribution in [2.75, 3.05) is 13.2 Å². The third kappa shape index (κ3) is 2.56. The second kappa shape index (κ2) is 4.20. The smallest absolute Gasteiger partial charge is 0.0794 e. The standard InChI is InChI=1S/C11H18N2OS/c1-9-5-13(11(2,3)7-14-9)6-10-4-12-8-15-10/h4,8-9H,5-7H2,1-3H3. The zero-order valence-electron chi connectivity index (χ0n) is 9.56. The number of nitrogens with zero attached hydrogens (tertiary/aromatic N) is 2. The molecule has 3 nitrogen and oxygen atoms in total. The Morgan fingerprint density at radius 1 is 1.67 bits per heavy atom. The molecule has 0 aliphatic carbocycles. The van der Waals surface area contributed by atoms with Crippen LogP contribution < -0.4 is 0 Å². The van der Waals surface area contributed by atoms with E-state index in [-0.39, 0.29) is 5.54 Å². The van der Waals surface area contributed by atoms with Crippen LogP contribution in [0.4, 0.5) is 0 Å². The molecule has 0 N–H and O–H groups in total. The maximum Gasteiger partial charge on any atom is 0.0794 e. The normalized spacial score (nSPS) is 26.7. The van der Waals surface area contributed by atoms with Crippen LogP contribution in [0, 0.1) is 0 Å². The van der Waals surface area contributed by atoms with Gasteiger partial charge in [-0.25, -0.2) is 0 Å². The molecule has 1 unspecified atom stereocenters. The molecule has 4 heteroatoms. The van der Waals surface area contributed by atoms with Gasteiger partial charge in [0.15, 0.2) is 0 Å². The Hall–Kier alpha value is -0.450. The van der Waals surface area contributed by atoms with Gasteiger partial charge in [-0.05, 0) is 20.8 Å². The Labute approximate surface area is 95.1 Å². The van der Waals surface area contributed by atoms with Crippen molar-refractivity contribution < 1.29 is 4.74 Å². The fraction of sp³-hybridized carbons (Fsp3) is 0.727. The molecule has 1 aromatic rings. The highest BCUT2D eigenvalue weighted by molar-refractivity contribution is 7.09. The van der Waals surface area contributed by atoms with Gasteiger partial charge in [0.1, 0.15) is 0 Å².